The number of nitrogens with zero attached hydrogens (tertiary/aromatic N) is 5. The Hall–Kier alpha value is -2.25. The van der Waals surface area contributed by atoms with Crippen LogP contribution in [0, 0.1) is 0 Å². The van der Waals surface area contributed by atoms with Crippen molar-refractivity contribution in [3.05, 3.63) is 36.2 Å². The molecule has 0 spiro atoms. The van der Waals surface area contributed by atoms with Crippen LogP contribution in [0.25, 0.3) is 11.4 Å². The molecule has 150 valence electrons. The summed E-state index contributed by atoms with van der Waals surface area (Å²) in [6.45, 7) is 10.2. The highest BCUT2D eigenvalue weighted by Gasteiger charge is 2.31. The average molecular weight is 383 g/mol. The van der Waals surface area contributed by atoms with Gasteiger partial charge < -0.3 is 9.64 Å². The van der Waals surface area contributed by atoms with Crippen molar-refractivity contribution in [2.45, 2.75) is 52.0 Å². The summed E-state index contributed by atoms with van der Waals surface area (Å²) in [5.74, 6) is 1.79. The van der Waals surface area contributed by atoms with Gasteiger partial charge in [-0.2, -0.15) is 5.10 Å². The van der Waals surface area contributed by atoms with E-state index >= 15 is 0 Å². The van der Waals surface area contributed by atoms with E-state index in [2.05, 4.69) is 23.8 Å². The average Bonchev–Trinajstić information content (AvgIpc) is 3.12. The van der Waals surface area contributed by atoms with Crippen molar-refractivity contribution in [2.75, 3.05) is 26.2 Å². The zero-order valence-electron chi connectivity index (χ0n) is 16.9. The highest BCUT2D eigenvalue weighted by atomic mass is 16.5. The first kappa shape index (κ1) is 19.1. The van der Waals surface area contributed by atoms with Crippen molar-refractivity contribution in [1.82, 2.24) is 24.6 Å². The van der Waals surface area contributed by atoms with E-state index in [1.54, 1.807) is 0 Å². The smallest absolute Gasteiger partial charge is 0.224 e. The van der Waals surface area contributed by atoms with Gasteiger partial charge in [-0.1, -0.05) is 30.3 Å². The maximum absolute atomic E-state index is 12.9. The standard InChI is InChI=1S/C21H29N5O2/c1-15-13-24(14-16(2)28-15)10-9-19(27)25-11-12-26-21(17(25)3)22-20(23-26)18-7-5-4-6-8-18/h4-8,15-17H,9-14H2,1-3H3/t15-,16+,17-/m0/s1. The maximum atomic E-state index is 12.9. The van der Waals surface area contributed by atoms with E-state index in [4.69, 9.17) is 9.72 Å². The van der Waals surface area contributed by atoms with E-state index in [0.717, 1.165) is 36.8 Å². The normalized spacial score (nSPS) is 25.5. The number of hydrogen-bond donors (Lipinski definition) is 0. The molecule has 2 aromatic rings. The number of carbonyl (C=O) groups excluding carboxylic acids is 1. The first-order valence-corrected chi connectivity index (χ1v) is 10.2. The summed E-state index contributed by atoms with van der Waals surface area (Å²) in [6, 6.07) is 9.93. The molecule has 0 aliphatic carbocycles. The van der Waals surface area contributed by atoms with Gasteiger partial charge in [-0.05, 0) is 20.8 Å². The Kier molecular flexibility index (Phi) is 5.46. The molecule has 0 bridgehead atoms. The van der Waals surface area contributed by atoms with Crippen LogP contribution < -0.4 is 0 Å². The topological polar surface area (TPSA) is 63.5 Å². The SMILES string of the molecule is C[C@@H]1CN(CCC(=O)N2CCn3nc(-c4ccccc4)nc3[C@@H]2C)C[C@H](C)O1. The molecular formula is C21H29N5O2. The van der Waals surface area contributed by atoms with Gasteiger partial charge in [0.05, 0.1) is 24.8 Å². The molecule has 28 heavy (non-hydrogen) atoms. The molecule has 1 fully saturated rings. The fraction of sp³-hybridized carbons (Fsp3) is 0.571. The van der Waals surface area contributed by atoms with Gasteiger partial charge in [0.1, 0.15) is 5.82 Å². The van der Waals surface area contributed by atoms with Crippen molar-refractivity contribution < 1.29 is 9.53 Å². The van der Waals surface area contributed by atoms with Gasteiger partial charge in [0.25, 0.3) is 0 Å². The lowest BCUT2D eigenvalue weighted by Crippen LogP contribution is -2.47. The van der Waals surface area contributed by atoms with E-state index in [9.17, 15) is 4.79 Å². The van der Waals surface area contributed by atoms with Gasteiger partial charge in [0, 0.05) is 38.2 Å². The number of amides is 1. The molecule has 0 radical (unpaired) electrons. The van der Waals surface area contributed by atoms with Gasteiger partial charge in [0.2, 0.25) is 5.91 Å². The highest BCUT2D eigenvalue weighted by Crippen LogP contribution is 2.26. The summed E-state index contributed by atoms with van der Waals surface area (Å²) >= 11 is 0. The molecule has 0 unspecified atom stereocenters. The van der Waals surface area contributed by atoms with Crippen LogP contribution in [0.15, 0.2) is 30.3 Å². The quantitative estimate of drug-likeness (QED) is 0.811. The Morgan fingerprint density at radius 1 is 1.11 bits per heavy atom. The number of aromatic nitrogens is 3. The predicted octanol–water partition coefficient (Wildman–Crippen LogP) is 2.35. The minimum absolute atomic E-state index is 0.0613. The van der Waals surface area contributed by atoms with E-state index in [-0.39, 0.29) is 24.2 Å². The molecular weight excluding hydrogens is 354 g/mol. The van der Waals surface area contributed by atoms with Crippen molar-refractivity contribution in [2.24, 2.45) is 0 Å². The minimum Gasteiger partial charge on any atom is -0.373 e. The molecule has 2 aliphatic heterocycles. The monoisotopic (exact) mass is 383 g/mol. The first-order chi connectivity index (χ1) is 13.5. The van der Waals surface area contributed by atoms with E-state index in [1.165, 1.54) is 0 Å². The number of hydrogen-bond acceptors (Lipinski definition) is 5. The second kappa shape index (κ2) is 8.01. The molecule has 1 saturated heterocycles. The molecule has 7 nitrogen and oxygen atoms in total. The van der Waals surface area contributed by atoms with Gasteiger partial charge in [-0.15, -0.1) is 0 Å². The second-order valence-electron chi connectivity index (χ2n) is 7.91. The Bertz CT molecular complexity index is 811. The van der Waals surface area contributed by atoms with Crippen molar-refractivity contribution in [3.8, 4) is 11.4 Å². The third-order valence-corrected chi connectivity index (χ3v) is 5.58. The number of ether oxygens (including phenoxy) is 1. The molecule has 2 aliphatic rings. The summed E-state index contributed by atoms with van der Waals surface area (Å²) in [5, 5.41) is 4.65. The van der Waals surface area contributed by atoms with Gasteiger partial charge in [-0.25, -0.2) is 9.67 Å². The zero-order valence-corrected chi connectivity index (χ0v) is 16.9. The van der Waals surface area contributed by atoms with Crippen molar-refractivity contribution in [3.63, 3.8) is 0 Å². The largest absolute Gasteiger partial charge is 0.373 e. The molecule has 4 rings (SSSR count). The molecule has 7 heteroatoms. The van der Waals surface area contributed by atoms with Crippen LogP contribution in [0.5, 0.6) is 0 Å². The van der Waals surface area contributed by atoms with E-state index in [0.29, 0.717) is 19.5 Å². The summed E-state index contributed by atoms with van der Waals surface area (Å²) in [4.78, 5) is 21.9. The molecule has 3 heterocycles. The van der Waals surface area contributed by atoms with Crippen molar-refractivity contribution >= 4 is 5.91 Å². The third-order valence-electron chi connectivity index (χ3n) is 5.58. The molecule has 0 N–H and O–H groups in total. The lowest BCUT2D eigenvalue weighted by atomic mass is 10.1. The fourth-order valence-electron chi connectivity index (χ4n) is 4.28. The van der Waals surface area contributed by atoms with Crippen LogP contribution in [0.2, 0.25) is 0 Å². The van der Waals surface area contributed by atoms with Crippen LogP contribution in [-0.4, -0.2) is 68.9 Å². The Morgan fingerprint density at radius 3 is 2.54 bits per heavy atom. The number of carbonyl (C=O) groups is 1. The first-order valence-electron chi connectivity index (χ1n) is 10.2. The van der Waals surface area contributed by atoms with Crippen molar-refractivity contribution in [1.29, 1.82) is 0 Å². The predicted molar refractivity (Wildman–Crippen MR) is 107 cm³/mol. The van der Waals surface area contributed by atoms with Gasteiger partial charge in [-0.3, -0.25) is 9.69 Å². The lowest BCUT2D eigenvalue weighted by molar-refractivity contribution is -0.135. The molecule has 3 atom stereocenters. The number of morpholine rings is 1. The van der Waals surface area contributed by atoms with Gasteiger partial charge in [0.15, 0.2) is 5.82 Å². The van der Waals surface area contributed by atoms with Crippen LogP contribution in [0.4, 0.5) is 0 Å². The Labute approximate surface area is 166 Å². The third kappa shape index (κ3) is 3.95. The molecule has 1 aromatic heterocycles. The summed E-state index contributed by atoms with van der Waals surface area (Å²) in [5.41, 5.74) is 1.00. The Morgan fingerprint density at radius 2 is 1.82 bits per heavy atom. The fourth-order valence-corrected chi connectivity index (χ4v) is 4.28. The number of benzene rings is 1. The summed E-state index contributed by atoms with van der Waals surface area (Å²) in [7, 11) is 0. The van der Waals surface area contributed by atoms with E-state index < -0.39 is 0 Å². The molecule has 1 aromatic carbocycles. The van der Waals surface area contributed by atoms with E-state index in [1.807, 2.05) is 46.8 Å². The van der Waals surface area contributed by atoms with Crippen LogP contribution >= 0.6 is 0 Å². The molecule has 0 saturated carbocycles. The van der Waals surface area contributed by atoms with Crippen LogP contribution in [0.3, 0.4) is 0 Å². The number of rotatable bonds is 4. The minimum atomic E-state index is -0.0613. The Balaban J connectivity index is 1.40. The lowest BCUT2D eigenvalue weighted by Gasteiger charge is -2.36. The maximum Gasteiger partial charge on any atom is 0.224 e. The molecule has 1 amide bonds. The summed E-state index contributed by atoms with van der Waals surface area (Å²) in [6.07, 6.45) is 0.981. The second-order valence-corrected chi connectivity index (χ2v) is 7.91. The summed E-state index contributed by atoms with van der Waals surface area (Å²) < 4.78 is 7.73. The van der Waals surface area contributed by atoms with Crippen LogP contribution in [-0.2, 0) is 16.1 Å². The zero-order chi connectivity index (χ0) is 19.7. The number of fused-ring (bicyclic) bond motifs is 1. The highest BCUT2D eigenvalue weighted by molar-refractivity contribution is 5.77. The van der Waals surface area contributed by atoms with Crippen LogP contribution in [0.1, 0.15) is 39.1 Å². The van der Waals surface area contributed by atoms with Gasteiger partial charge >= 0.3 is 0 Å².